The fourth-order valence-electron chi connectivity index (χ4n) is 4.36. The predicted octanol–water partition coefficient (Wildman–Crippen LogP) is 2.40. The van der Waals surface area contributed by atoms with Gasteiger partial charge in [0.05, 0.1) is 18.5 Å². The Morgan fingerprint density at radius 3 is 2.23 bits per heavy atom. The van der Waals surface area contributed by atoms with E-state index in [1.807, 2.05) is 11.0 Å². The van der Waals surface area contributed by atoms with E-state index >= 15 is 0 Å². The standard InChI is InChI=1S/C25H30FN5O4/c1-35-25(34)28-21-17-19(24(33)30-11-2-9-27-10-12-30)5-8-22(21)29-13-15-31(16-14-29)23(32)18-3-6-20(26)7-4-18/h3-8,17,27H,2,9-16H2,1H3,(H,28,34). The lowest BCUT2D eigenvalue weighted by molar-refractivity contribution is 0.0743. The van der Waals surface area contributed by atoms with Crippen LogP contribution in [0.1, 0.15) is 27.1 Å². The molecule has 9 nitrogen and oxygen atoms in total. The molecule has 2 aromatic rings. The number of amides is 3. The van der Waals surface area contributed by atoms with Crippen molar-refractivity contribution in [1.29, 1.82) is 0 Å². The van der Waals surface area contributed by atoms with E-state index in [4.69, 9.17) is 4.74 Å². The fourth-order valence-corrected chi connectivity index (χ4v) is 4.36. The molecule has 0 bridgehead atoms. The maximum atomic E-state index is 13.2. The molecule has 0 aliphatic carbocycles. The Balaban J connectivity index is 1.49. The van der Waals surface area contributed by atoms with Crippen molar-refractivity contribution in [2.75, 3.05) is 69.7 Å². The summed E-state index contributed by atoms with van der Waals surface area (Å²) < 4.78 is 18.0. The molecule has 186 valence electrons. The second-order valence-corrected chi connectivity index (χ2v) is 8.53. The van der Waals surface area contributed by atoms with Crippen LogP contribution in [0.5, 0.6) is 0 Å². The smallest absolute Gasteiger partial charge is 0.411 e. The van der Waals surface area contributed by atoms with Crippen LogP contribution in [0.25, 0.3) is 0 Å². The number of nitrogens with zero attached hydrogens (tertiary/aromatic N) is 3. The number of halogens is 1. The predicted molar refractivity (Wildman–Crippen MR) is 130 cm³/mol. The minimum Gasteiger partial charge on any atom is -0.453 e. The molecule has 2 aliphatic rings. The molecule has 2 fully saturated rings. The molecule has 3 amide bonds. The van der Waals surface area contributed by atoms with Gasteiger partial charge in [0.1, 0.15) is 5.82 Å². The fraction of sp³-hybridized carbons (Fsp3) is 0.400. The van der Waals surface area contributed by atoms with Gasteiger partial charge < -0.3 is 24.8 Å². The van der Waals surface area contributed by atoms with Gasteiger partial charge in [0.15, 0.2) is 0 Å². The first kappa shape index (κ1) is 24.5. The second kappa shape index (κ2) is 11.2. The lowest BCUT2D eigenvalue weighted by atomic mass is 10.1. The van der Waals surface area contributed by atoms with Gasteiger partial charge in [-0.25, -0.2) is 9.18 Å². The van der Waals surface area contributed by atoms with Gasteiger partial charge >= 0.3 is 6.09 Å². The summed E-state index contributed by atoms with van der Waals surface area (Å²) in [5.74, 6) is -0.611. The van der Waals surface area contributed by atoms with Crippen LogP contribution in [-0.2, 0) is 4.74 Å². The first-order valence-corrected chi connectivity index (χ1v) is 11.7. The van der Waals surface area contributed by atoms with Crippen molar-refractivity contribution in [2.24, 2.45) is 0 Å². The summed E-state index contributed by atoms with van der Waals surface area (Å²) in [6.45, 7) is 4.94. The van der Waals surface area contributed by atoms with E-state index in [1.54, 1.807) is 17.0 Å². The molecule has 10 heteroatoms. The average molecular weight is 484 g/mol. The van der Waals surface area contributed by atoms with E-state index in [1.165, 1.54) is 31.4 Å². The molecular weight excluding hydrogens is 453 g/mol. The topological polar surface area (TPSA) is 94.2 Å². The van der Waals surface area contributed by atoms with Crippen LogP contribution >= 0.6 is 0 Å². The Labute approximate surface area is 203 Å². The molecule has 2 aliphatic heterocycles. The van der Waals surface area contributed by atoms with E-state index in [0.29, 0.717) is 56.1 Å². The Morgan fingerprint density at radius 1 is 0.857 bits per heavy atom. The molecule has 35 heavy (non-hydrogen) atoms. The zero-order valence-corrected chi connectivity index (χ0v) is 19.8. The van der Waals surface area contributed by atoms with Crippen molar-refractivity contribution >= 4 is 29.3 Å². The summed E-state index contributed by atoms with van der Waals surface area (Å²) >= 11 is 0. The van der Waals surface area contributed by atoms with Gasteiger partial charge in [0, 0.05) is 56.9 Å². The quantitative estimate of drug-likeness (QED) is 0.694. The molecule has 4 rings (SSSR count). The number of hydrogen-bond acceptors (Lipinski definition) is 6. The summed E-state index contributed by atoms with van der Waals surface area (Å²) in [5.41, 5.74) is 2.17. The van der Waals surface area contributed by atoms with Crippen molar-refractivity contribution < 1.29 is 23.5 Å². The molecule has 2 N–H and O–H groups in total. The van der Waals surface area contributed by atoms with Crippen molar-refractivity contribution in [3.8, 4) is 0 Å². The molecule has 2 heterocycles. The van der Waals surface area contributed by atoms with Crippen molar-refractivity contribution in [3.63, 3.8) is 0 Å². The van der Waals surface area contributed by atoms with Crippen molar-refractivity contribution in [1.82, 2.24) is 15.1 Å². The largest absolute Gasteiger partial charge is 0.453 e. The van der Waals surface area contributed by atoms with Gasteiger partial charge in [-0.2, -0.15) is 0 Å². The third kappa shape index (κ3) is 5.89. The molecular formula is C25H30FN5O4. The highest BCUT2D eigenvalue weighted by Gasteiger charge is 2.25. The third-order valence-electron chi connectivity index (χ3n) is 6.29. The van der Waals surface area contributed by atoms with Crippen LogP contribution in [-0.4, -0.2) is 87.2 Å². The zero-order valence-electron chi connectivity index (χ0n) is 19.8. The van der Waals surface area contributed by atoms with Crippen LogP contribution in [0, 0.1) is 5.82 Å². The highest BCUT2D eigenvalue weighted by molar-refractivity contribution is 5.99. The second-order valence-electron chi connectivity index (χ2n) is 8.53. The Bertz CT molecular complexity index is 1060. The summed E-state index contributed by atoms with van der Waals surface area (Å²) in [6.07, 6.45) is 0.262. The Kier molecular flexibility index (Phi) is 7.81. The van der Waals surface area contributed by atoms with Crippen LogP contribution in [0.15, 0.2) is 42.5 Å². The molecule has 0 atom stereocenters. The maximum absolute atomic E-state index is 13.2. The zero-order chi connectivity index (χ0) is 24.8. The van der Waals surface area contributed by atoms with Gasteiger partial charge in [0.25, 0.3) is 11.8 Å². The number of carbonyl (C=O) groups is 3. The van der Waals surface area contributed by atoms with Gasteiger partial charge in [-0.05, 0) is 55.4 Å². The average Bonchev–Trinajstić information content (AvgIpc) is 3.18. The minimum atomic E-state index is -0.625. The van der Waals surface area contributed by atoms with Gasteiger partial charge in [-0.3, -0.25) is 14.9 Å². The van der Waals surface area contributed by atoms with Crippen LogP contribution in [0.3, 0.4) is 0 Å². The van der Waals surface area contributed by atoms with Gasteiger partial charge in [0.2, 0.25) is 0 Å². The summed E-state index contributed by atoms with van der Waals surface area (Å²) in [4.78, 5) is 43.5. The number of methoxy groups -OCH3 is 1. The summed E-state index contributed by atoms with van der Waals surface area (Å²) in [7, 11) is 1.29. The van der Waals surface area contributed by atoms with Crippen LogP contribution in [0.2, 0.25) is 0 Å². The van der Waals surface area contributed by atoms with Gasteiger partial charge in [-0.1, -0.05) is 0 Å². The molecule has 0 saturated carbocycles. The minimum absolute atomic E-state index is 0.0807. The number of anilines is 2. The maximum Gasteiger partial charge on any atom is 0.411 e. The first-order chi connectivity index (χ1) is 17.0. The summed E-state index contributed by atoms with van der Waals surface area (Å²) in [6, 6.07) is 10.8. The van der Waals surface area contributed by atoms with E-state index in [-0.39, 0.29) is 17.6 Å². The number of piperazine rings is 1. The van der Waals surface area contributed by atoms with Gasteiger partial charge in [-0.15, -0.1) is 0 Å². The Hall–Kier alpha value is -3.66. The van der Waals surface area contributed by atoms with Crippen molar-refractivity contribution in [3.05, 3.63) is 59.4 Å². The highest BCUT2D eigenvalue weighted by atomic mass is 19.1. The number of carbonyl (C=O) groups excluding carboxylic acids is 3. The number of ether oxygens (including phenoxy) is 1. The molecule has 2 saturated heterocycles. The molecule has 0 unspecified atom stereocenters. The van der Waals surface area contributed by atoms with E-state index in [9.17, 15) is 18.8 Å². The number of benzene rings is 2. The monoisotopic (exact) mass is 483 g/mol. The number of nitrogens with one attached hydrogen (secondary N) is 2. The first-order valence-electron chi connectivity index (χ1n) is 11.7. The lowest BCUT2D eigenvalue weighted by Gasteiger charge is -2.37. The highest BCUT2D eigenvalue weighted by Crippen LogP contribution is 2.29. The van der Waals surface area contributed by atoms with E-state index in [0.717, 1.165) is 25.2 Å². The molecule has 0 aromatic heterocycles. The SMILES string of the molecule is COC(=O)Nc1cc(C(=O)N2CCCNCC2)ccc1N1CCN(C(=O)c2ccc(F)cc2)CC1. The Morgan fingerprint density at radius 2 is 1.51 bits per heavy atom. The number of hydrogen-bond donors (Lipinski definition) is 2. The van der Waals surface area contributed by atoms with Crippen LogP contribution < -0.4 is 15.5 Å². The van der Waals surface area contributed by atoms with Crippen LogP contribution in [0.4, 0.5) is 20.6 Å². The molecule has 0 radical (unpaired) electrons. The normalized spacial score (nSPS) is 16.5. The van der Waals surface area contributed by atoms with E-state index < -0.39 is 6.09 Å². The summed E-state index contributed by atoms with van der Waals surface area (Å²) in [5, 5.41) is 6.02. The molecule has 0 spiro atoms. The number of rotatable bonds is 4. The lowest BCUT2D eigenvalue weighted by Crippen LogP contribution is -2.49. The van der Waals surface area contributed by atoms with Crippen molar-refractivity contribution in [2.45, 2.75) is 6.42 Å². The van der Waals surface area contributed by atoms with E-state index in [2.05, 4.69) is 15.5 Å². The molecule has 2 aromatic carbocycles. The third-order valence-corrected chi connectivity index (χ3v) is 6.29.